The summed E-state index contributed by atoms with van der Waals surface area (Å²) < 4.78 is 12.3. The van der Waals surface area contributed by atoms with Crippen molar-refractivity contribution in [3.8, 4) is 0 Å². The Hall–Kier alpha value is -0.760. The Morgan fingerprint density at radius 3 is 2.40 bits per heavy atom. The molecule has 1 aromatic carbocycles. The van der Waals surface area contributed by atoms with Crippen LogP contribution in [-0.2, 0) is 0 Å². The second-order valence-electron chi connectivity index (χ2n) is 2.00. The fourth-order valence-corrected chi connectivity index (χ4v) is 0.611. The quantitative estimate of drug-likeness (QED) is 0.580. The third-order valence-corrected chi connectivity index (χ3v) is 1.24. The minimum Gasteiger partial charge on any atom is -0.398 e. The molecule has 0 aliphatic rings. The van der Waals surface area contributed by atoms with Crippen molar-refractivity contribution in [2.45, 2.75) is 6.92 Å². The van der Waals surface area contributed by atoms with E-state index in [1.54, 1.807) is 6.07 Å². The van der Waals surface area contributed by atoms with Gasteiger partial charge in [0.05, 0.1) is 0 Å². The molecule has 1 nitrogen and oxygen atoms in total. The van der Waals surface area contributed by atoms with Crippen molar-refractivity contribution >= 4 is 18.1 Å². The van der Waals surface area contributed by atoms with Crippen molar-refractivity contribution in [2.24, 2.45) is 0 Å². The summed E-state index contributed by atoms with van der Waals surface area (Å²) in [7, 11) is 0. The Morgan fingerprint density at radius 2 is 2.00 bits per heavy atom. The number of rotatable bonds is 0. The summed E-state index contributed by atoms with van der Waals surface area (Å²) in [5, 5.41) is 0. The molecule has 0 aliphatic heterocycles. The van der Waals surface area contributed by atoms with E-state index in [2.05, 4.69) is 0 Å². The van der Waals surface area contributed by atoms with E-state index in [9.17, 15) is 4.39 Å². The lowest BCUT2D eigenvalue weighted by molar-refractivity contribution is 0.628. The van der Waals surface area contributed by atoms with Crippen LogP contribution in [0, 0.1) is 12.7 Å². The first kappa shape index (κ1) is 9.24. The van der Waals surface area contributed by atoms with Gasteiger partial charge in [-0.25, -0.2) is 4.39 Å². The topological polar surface area (TPSA) is 26.0 Å². The summed E-state index contributed by atoms with van der Waals surface area (Å²) in [6.07, 6.45) is 0. The van der Waals surface area contributed by atoms with Crippen LogP contribution in [0.2, 0.25) is 0 Å². The fourth-order valence-electron chi connectivity index (χ4n) is 0.611. The third-order valence-electron chi connectivity index (χ3n) is 1.24. The zero-order valence-electron chi connectivity index (χ0n) is 5.60. The van der Waals surface area contributed by atoms with Crippen molar-refractivity contribution in [1.29, 1.82) is 0 Å². The second kappa shape index (κ2) is 3.42. The van der Waals surface area contributed by atoms with Crippen LogP contribution in [0.25, 0.3) is 0 Å². The van der Waals surface area contributed by atoms with Gasteiger partial charge in [0.2, 0.25) is 0 Å². The Balaban J connectivity index is 0.000000810. The van der Waals surface area contributed by atoms with E-state index in [0.29, 0.717) is 5.69 Å². The first-order valence-corrected chi connectivity index (χ1v) is 2.72. The Bertz CT molecular complexity index is 225. The van der Waals surface area contributed by atoms with E-state index >= 15 is 0 Å². The van der Waals surface area contributed by atoms with E-state index in [0.717, 1.165) is 5.56 Å². The molecule has 0 saturated carbocycles. The summed E-state index contributed by atoms with van der Waals surface area (Å²) in [5.41, 5.74) is 6.80. The lowest BCUT2D eigenvalue weighted by atomic mass is 10.2. The zero-order valence-corrected chi connectivity index (χ0v) is 6.41. The van der Waals surface area contributed by atoms with Crippen LogP contribution in [0.1, 0.15) is 5.56 Å². The van der Waals surface area contributed by atoms with Crippen molar-refractivity contribution in [2.75, 3.05) is 5.73 Å². The van der Waals surface area contributed by atoms with Gasteiger partial charge in [0.25, 0.3) is 0 Å². The van der Waals surface area contributed by atoms with Gasteiger partial charge in [-0.05, 0) is 24.6 Å². The molecule has 56 valence electrons. The maximum absolute atomic E-state index is 12.3. The maximum atomic E-state index is 12.3. The van der Waals surface area contributed by atoms with Crippen LogP contribution in [0.15, 0.2) is 18.2 Å². The van der Waals surface area contributed by atoms with E-state index in [1.165, 1.54) is 12.1 Å². The number of nitrogens with two attached hydrogens (primary N) is 1. The highest BCUT2D eigenvalue weighted by atomic mass is 35.5. The highest BCUT2D eigenvalue weighted by Crippen LogP contribution is 2.10. The normalized spacial score (nSPS) is 8.60. The van der Waals surface area contributed by atoms with Gasteiger partial charge in [0.15, 0.2) is 0 Å². The average Bonchev–Trinajstić information content (AvgIpc) is 1.80. The van der Waals surface area contributed by atoms with E-state index in [4.69, 9.17) is 5.73 Å². The predicted octanol–water partition coefficient (Wildman–Crippen LogP) is 2.14. The fraction of sp³-hybridized carbons (Fsp3) is 0.143. The van der Waals surface area contributed by atoms with E-state index in [-0.39, 0.29) is 18.2 Å². The zero-order chi connectivity index (χ0) is 6.85. The molecule has 1 aromatic rings. The minimum absolute atomic E-state index is 0. The molecular formula is C7H9ClFN. The van der Waals surface area contributed by atoms with Gasteiger partial charge >= 0.3 is 0 Å². The van der Waals surface area contributed by atoms with Crippen LogP contribution in [-0.4, -0.2) is 0 Å². The summed E-state index contributed by atoms with van der Waals surface area (Å²) >= 11 is 0. The number of halogens is 2. The Labute approximate surface area is 65.5 Å². The molecule has 0 amide bonds. The molecule has 3 heteroatoms. The Morgan fingerprint density at radius 1 is 1.40 bits per heavy atom. The standard InChI is InChI=1S/C7H8FN.ClH/c1-5-2-3-6(8)4-7(5)9;/h2-4H,9H2,1H3;1H. The second-order valence-corrected chi connectivity index (χ2v) is 2.00. The van der Waals surface area contributed by atoms with Crippen molar-refractivity contribution in [3.63, 3.8) is 0 Å². The Kier molecular flexibility index (Phi) is 3.16. The van der Waals surface area contributed by atoms with Crippen LogP contribution in [0.5, 0.6) is 0 Å². The van der Waals surface area contributed by atoms with Crippen LogP contribution >= 0.6 is 12.4 Å². The molecule has 0 aliphatic carbocycles. The molecule has 0 atom stereocenters. The van der Waals surface area contributed by atoms with Crippen LogP contribution in [0.3, 0.4) is 0 Å². The third kappa shape index (κ3) is 1.88. The summed E-state index contributed by atoms with van der Waals surface area (Å²) in [6, 6.07) is 4.37. The molecule has 0 heterocycles. The van der Waals surface area contributed by atoms with Gasteiger partial charge in [-0.1, -0.05) is 6.07 Å². The molecule has 0 saturated heterocycles. The molecule has 10 heavy (non-hydrogen) atoms. The number of hydrogen-bond donors (Lipinski definition) is 1. The van der Waals surface area contributed by atoms with Gasteiger partial charge in [-0.2, -0.15) is 0 Å². The first-order valence-electron chi connectivity index (χ1n) is 2.72. The number of benzene rings is 1. The van der Waals surface area contributed by atoms with Gasteiger partial charge in [0.1, 0.15) is 5.82 Å². The summed E-state index contributed by atoms with van der Waals surface area (Å²) in [4.78, 5) is 0. The lowest BCUT2D eigenvalue weighted by Gasteiger charge is -1.96. The maximum Gasteiger partial charge on any atom is 0.125 e. The highest BCUT2D eigenvalue weighted by molar-refractivity contribution is 5.85. The number of anilines is 1. The lowest BCUT2D eigenvalue weighted by Crippen LogP contribution is -1.89. The molecule has 2 N–H and O–H groups in total. The largest absolute Gasteiger partial charge is 0.398 e. The van der Waals surface area contributed by atoms with Gasteiger partial charge < -0.3 is 5.73 Å². The number of nitrogen functional groups attached to an aromatic ring is 1. The highest BCUT2D eigenvalue weighted by Gasteiger charge is 1.92. The molecule has 0 spiro atoms. The number of aryl methyl sites for hydroxylation is 1. The van der Waals surface area contributed by atoms with Crippen molar-refractivity contribution < 1.29 is 4.39 Å². The summed E-state index contributed by atoms with van der Waals surface area (Å²) in [6.45, 7) is 1.84. The smallest absolute Gasteiger partial charge is 0.125 e. The van der Waals surface area contributed by atoms with Crippen LogP contribution in [0.4, 0.5) is 10.1 Å². The van der Waals surface area contributed by atoms with Gasteiger partial charge in [0, 0.05) is 5.69 Å². The molecule has 0 radical (unpaired) electrons. The molecule has 0 unspecified atom stereocenters. The number of hydrogen-bond acceptors (Lipinski definition) is 1. The molecule has 0 bridgehead atoms. The molecule has 1 rings (SSSR count). The monoisotopic (exact) mass is 161 g/mol. The van der Waals surface area contributed by atoms with Crippen LogP contribution < -0.4 is 5.73 Å². The molecular weight excluding hydrogens is 153 g/mol. The summed E-state index contributed by atoms with van der Waals surface area (Å²) in [5.74, 6) is -0.280. The van der Waals surface area contributed by atoms with Gasteiger partial charge in [-0.3, -0.25) is 0 Å². The van der Waals surface area contributed by atoms with Gasteiger partial charge in [-0.15, -0.1) is 12.4 Å². The van der Waals surface area contributed by atoms with Crippen molar-refractivity contribution in [3.05, 3.63) is 29.6 Å². The average molecular weight is 162 g/mol. The van der Waals surface area contributed by atoms with E-state index < -0.39 is 0 Å². The predicted molar refractivity (Wildman–Crippen MR) is 42.8 cm³/mol. The molecule has 0 aromatic heterocycles. The minimum atomic E-state index is -0.280. The first-order chi connectivity index (χ1) is 4.20. The SMILES string of the molecule is Cc1ccc(F)cc1N.Cl. The van der Waals surface area contributed by atoms with Crippen molar-refractivity contribution in [1.82, 2.24) is 0 Å². The van der Waals surface area contributed by atoms with E-state index in [1.807, 2.05) is 6.92 Å². The molecule has 0 fully saturated rings.